The van der Waals surface area contributed by atoms with Crippen LogP contribution in [0.25, 0.3) is 0 Å². The summed E-state index contributed by atoms with van der Waals surface area (Å²) in [5, 5.41) is 9.62. The second-order valence-corrected chi connectivity index (χ2v) is 5.85. The first-order valence-corrected chi connectivity index (χ1v) is 7.06. The smallest absolute Gasteiger partial charge is 0.116 e. The Balaban J connectivity index is 2.38. The molecular formula is C18H23NO. The van der Waals surface area contributed by atoms with Crippen molar-refractivity contribution in [1.82, 2.24) is 0 Å². The fraction of sp³-hybridized carbons (Fsp3) is 0.333. The number of rotatable bonds is 3. The third-order valence-corrected chi connectivity index (χ3v) is 3.83. The van der Waals surface area contributed by atoms with E-state index in [1.54, 1.807) is 0 Å². The molecule has 2 aromatic carbocycles. The molecule has 0 aromatic heterocycles. The minimum absolute atomic E-state index is 0.337. The van der Waals surface area contributed by atoms with Gasteiger partial charge in [-0.2, -0.15) is 0 Å². The van der Waals surface area contributed by atoms with Crippen LogP contribution in [-0.2, 0) is 6.42 Å². The number of hydrogen-bond acceptors (Lipinski definition) is 2. The molecule has 2 heteroatoms. The Morgan fingerprint density at radius 3 is 2.20 bits per heavy atom. The van der Waals surface area contributed by atoms with E-state index >= 15 is 0 Å². The lowest BCUT2D eigenvalue weighted by Gasteiger charge is -2.14. The molecule has 2 rings (SSSR count). The third-order valence-electron chi connectivity index (χ3n) is 3.83. The lowest BCUT2D eigenvalue weighted by molar-refractivity contribution is 0.474. The van der Waals surface area contributed by atoms with E-state index in [9.17, 15) is 5.11 Å². The van der Waals surface area contributed by atoms with Gasteiger partial charge < -0.3 is 10.8 Å². The monoisotopic (exact) mass is 269 g/mol. The summed E-state index contributed by atoms with van der Waals surface area (Å²) in [5.41, 5.74) is 12.9. The van der Waals surface area contributed by atoms with Crippen LogP contribution in [0.15, 0.2) is 30.3 Å². The average Bonchev–Trinajstić information content (AvgIpc) is 2.35. The van der Waals surface area contributed by atoms with Crippen LogP contribution in [0.5, 0.6) is 5.75 Å². The van der Waals surface area contributed by atoms with Crippen molar-refractivity contribution in [3.63, 3.8) is 0 Å². The van der Waals surface area contributed by atoms with Gasteiger partial charge in [-0.25, -0.2) is 0 Å². The lowest BCUT2D eigenvalue weighted by Crippen LogP contribution is -2.00. The number of aryl methyl sites for hydroxylation is 2. The molecule has 0 unspecified atom stereocenters. The predicted octanol–water partition coefficient (Wildman–Crippen LogP) is 4.31. The molecule has 0 fully saturated rings. The Hall–Kier alpha value is -1.96. The summed E-state index contributed by atoms with van der Waals surface area (Å²) in [5.74, 6) is 0.765. The number of anilines is 1. The van der Waals surface area contributed by atoms with Crippen molar-refractivity contribution in [2.75, 3.05) is 5.73 Å². The zero-order valence-corrected chi connectivity index (χ0v) is 12.7. The summed E-state index contributed by atoms with van der Waals surface area (Å²) in [6.45, 7) is 8.41. The zero-order valence-electron chi connectivity index (χ0n) is 12.7. The molecule has 0 saturated carbocycles. The van der Waals surface area contributed by atoms with Gasteiger partial charge in [0.15, 0.2) is 0 Å². The molecule has 0 aliphatic carbocycles. The van der Waals surface area contributed by atoms with Gasteiger partial charge in [-0.05, 0) is 72.2 Å². The Morgan fingerprint density at radius 1 is 1.05 bits per heavy atom. The van der Waals surface area contributed by atoms with Crippen LogP contribution < -0.4 is 5.73 Å². The van der Waals surface area contributed by atoms with E-state index < -0.39 is 0 Å². The minimum Gasteiger partial charge on any atom is -0.508 e. The zero-order chi connectivity index (χ0) is 14.9. The Labute approximate surface area is 121 Å². The topological polar surface area (TPSA) is 46.2 Å². The fourth-order valence-electron chi connectivity index (χ4n) is 2.69. The normalized spacial score (nSPS) is 11.1. The molecule has 0 radical (unpaired) electrons. The van der Waals surface area contributed by atoms with Gasteiger partial charge in [0.05, 0.1) is 0 Å². The Bertz CT molecular complexity index is 606. The number of phenolic OH excluding ortho intramolecular Hbond substituents is 1. The van der Waals surface area contributed by atoms with Crippen LogP contribution in [0.1, 0.15) is 47.6 Å². The maximum Gasteiger partial charge on any atom is 0.116 e. The van der Waals surface area contributed by atoms with E-state index in [1.165, 1.54) is 16.7 Å². The molecule has 0 atom stereocenters. The first-order chi connectivity index (χ1) is 9.38. The molecule has 0 saturated heterocycles. The van der Waals surface area contributed by atoms with E-state index in [-0.39, 0.29) is 0 Å². The van der Waals surface area contributed by atoms with Crippen molar-refractivity contribution >= 4 is 5.69 Å². The van der Waals surface area contributed by atoms with E-state index in [4.69, 9.17) is 5.73 Å². The van der Waals surface area contributed by atoms with Gasteiger partial charge >= 0.3 is 0 Å². The van der Waals surface area contributed by atoms with Crippen LogP contribution in [0.4, 0.5) is 5.69 Å². The van der Waals surface area contributed by atoms with Crippen LogP contribution in [0.2, 0.25) is 0 Å². The van der Waals surface area contributed by atoms with Gasteiger partial charge in [0.1, 0.15) is 5.75 Å². The summed E-state index contributed by atoms with van der Waals surface area (Å²) in [7, 11) is 0. The molecule has 2 aromatic rings. The summed E-state index contributed by atoms with van der Waals surface area (Å²) in [6, 6.07) is 9.93. The fourth-order valence-corrected chi connectivity index (χ4v) is 2.69. The summed E-state index contributed by atoms with van der Waals surface area (Å²) in [6.07, 6.45) is 0.873. The van der Waals surface area contributed by atoms with Crippen molar-refractivity contribution in [3.8, 4) is 5.75 Å². The molecule has 0 bridgehead atoms. The van der Waals surface area contributed by atoms with Crippen molar-refractivity contribution in [3.05, 3.63) is 58.1 Å². The average molecular weight is 269 g/mol. The lowest BCUT2D eigenvalue weighted by atomic mass is 9.92. The highest BCUT2D eigenvalue weighted by atomic mass is 16.3. The molecule has 0 aliphatic heterocycles. The van der Waals surface area contributed by atoms with Crippen LogP contribution in [-0.4, -0.2) is 5.11 Å². The van der Waals surface area contributed by atoms with Crippen molar-refractivity contribution in [1.29, 1.82) is 0 Å². The van der Waals surface area contributed by atoms with Crippen molar-refractivity contribution in [2.24, 2.45) is 0 Å². The van der Waals surface area contributed by atoms with Crippen molar-refractivity contribution < 1.29 is 5.11 Å². The third kappa shape index (κ3) is 2.96. The second-order valence-electron chi connectivity index (χ2n) is 5.85. The number of nitrogen functional groups attached to an aromatic ring is 1. The number of hydrogen-bond donors (Lipinski definition) is 2. The molecule has 3 N–H and O–H groups in total. The van der Waals surface area contributed by atoms with E-state index in [2.05, 4.69) is 26.0 Å². The van der Waals surface area contributed by atoms with E-state index in [0.717, 1.165) is 23.2 Å². The Morgan fingerprint density at radius 2 is 1.65 bits per heavy atom. The largest absolute Gasteiger partial charge is 0.508 e. The van der Waals surface area contributed by atoms with Gasteiger partial charge in [0.25, 0.3) is 0 Å². The van der Waals surface area contributed by atoms with E-state index in [0.29, 0.717) is 11.7 Å². The first-order valence-electron chi connectivity index (χ1n) is 7.06. The maximum absolute atomic E-state index is 9.62. The number of phenols is 1. The second kappa shape index (κ2) is 5.58. The highest BCUT2D eigenvalue weighted by Gasteiger charge is 2.09. The van der Waals surface area contributed by atoms with Crippen LogP contribution >= 0.6 is 0 Å². The molecular weight excluding hydrogens is 246 g/mol. The first kappa shape index (κ1) is 14.4. The molecule has 0 heterocycles. The summed E-state index contributed by atoms with van der Waals surface area (Å²) >= 11 is 0. The standard InChI is InChI=1S/C18H23NO/c1-11(2)16-9-14(5-6-18(16)19)10-17-12(3)7-15(20)8-13(17)4/h5-9,11,20H,10,19H2,1-4H3. The molecule has 0 spiro atoms. The van der Waals surface area contributed by atoms with E-state index in [1.807, 2.05) is 32.0 Å². The number of benzene rings is 2. The highest BCUT2D eigenvalue weighted by molar-refractivity contribution is 5.52. The maximum atomic E-state index is 9.62. The number of nitrogens with two attached hydrogens (primary N) is 1. The van der Waals surface area contributed by atoms with Gasteiger partial charge in [0, 0.05) is 5.69 Å². The van der Waals surface area contributed by atoms with Crippen LogP contribution in [0, 0.1) is 13.8 Å². The predicted molar refractivity (Wildman–Crippen MR) is 85.3 cm³/mol. The highest BCUT2D eigenvalue weighted by Crippen LogP contribution is 2.27. The minimum atomic E-state index is 0.337. The Kier molecular flexibility index (Phi) is 4.03. The van der Waals surface area contributed by atoms with Crippen molar-refractivity contribution in [2.45, 2.75) is 40.0 Å². The molecule has 106 valence electrons. The molecule has 2 nitrogen and oxygen atoms in total. The molecule has 20 heavy (non-hydrogen) atoms. The van der Waals surface area contributed by atoms with Crippen LogP contribution in [0.3, 0.4) is 0 Å². The van der Waals surface area contributed by atoms with Gasteiger partial charge in [0.2, 0.25) is 0 Å². The molecule has 0 aliphatic rings. The van der Waals surface area contributed by atoms with Gasteiger partial charge in [-0.1, -0.05) is 26.0 Å². The SMILES string of the molecule is Cc1cc(O)cc(C)c1Cc1ccc(N)c(C(C)C)c1. The quantitative estimate of drug-likeness (QED) is 0.816. The van der Waals surface area contributed by atoms with Gasteiger partial charge in [-0.3, -0.25) is 0 Å². The summed E-state index contributed by atoms with van der Waals surface area (Å²) < 4.78 is 0. The summed E-state index contributed by atoms with van der Waals surface area (Å²) in [4.78, 5) is 0. The molecule has 0 amide bonds. The van der Waals surface area contributed by atoms with Gasteiger partial charge in [-0.15, -0.1) is 0 Å². The number of aromatic hydroxyl groups is 1.